The molecule has 5 nitrogen and oxygen atoms in total. The zero-order valence-electron chi connectivity index (χ0n) is 11.4. The molecule has 1 rings (SSSR count). The lowest BCUT2D eigenvalue weighted by Crippen LogP contribution is -2.37. The second-order valence-electron chi connectivity index (χ2n) is 4.90. The monoisotopic (exact) mass is 284 g/mol. The van der Waals surface area contributed by atoms with Gasteiger partial charge in [-0.05, 0) is 51.4 Å². The number of pyridine rings is 1. The van der Waals surface area contributed by atoms with E-state index in [1.807, 2.05) is 6.92 Å². The maximum atomic E-state index is 12.0. The Morgan fingerprint density at radius 3 is 2.37 bits per heavy atom. The van der Waals surface area contributed by atoms with Gasteiger partial charge in [0.15, 0.2) is 0 Å². The van der Waals surface area contributed by atoms with E-state index in [2.05, 4.69) is 4.98 Å². The number of nitrogens with zero attached hydrogens (tertiary/aromatic N) is 2. The lowest BCUT2D eigenvalue weighted by atomic mass is 10.2. The first-order chi connectivity index (χ1) is 8.74. The molecule has 0 spiro atoms. The largest absolute Gasteiger partial charge is 0.443 e. The highest BCUT2D eigenvalue weighted by molar-refractivity contribution is 6.67. The minimum Gasteiger partial charge on any atom is -0.443 e. The van der Waals surface area contributed by atoms with Crippen LogP contribution in [0.25, 0.3) is 0 Å². The third-order valence-electron chi connectivity index (χ3n) is 2.18. The van der Waals surface area contributed by atoms with E-state index in [9.17, 15) is 9.59 Å². The van der Waals surface area contributed by atoms with E-state index in [1.165, 1.54) is 17.2 Å². The average Bonchev–Trinajstić information content (AvgIpc) is 2.28. The topological polar surface area (TPSA) is 59.5 Å². The van der Waals surface area contributed by atoms with Crippen molar-refractivity contribution in [1.82, 2.24) is 4.98 Å². The van der Waals surface area contributed by atoms with Crippen LogP contribution in [0.2, 0.25) is 0 Å². The van der Waals surface area contributed by atoms with E-state index in [1.54, 1.807) is 26.8 Å². The van der Waals surface area contributed by atoms with Gasteiger partial charge in [-0.1, -0.05) is 0 Å². The van der Waals surface area contributed by atoms with Crippen molar-refractivity contribution < 1.29 is 14.3 Å². The van der Waals surface area contributed by atoms with Crippen molar-refractivity contribution in [2.24, 2.45) is 0 Å². The number of halogens is 1. The van der Waals surface area contributed by atoms with Gasteiger partial charge in [0.2, 0.25) is 0 Å². The SMILES string of the molecule is CCN(C(=O)OC(C)(C)C)c1ccc(C(=O)Cl)cn1. The van der Waals surface area contributed by atoms with Crippen LogP contribution in [0.15, 0.2) is 18.3 Å². The Bertz CT molecular complexity index is 466. The number of anilines is 1. The predicted molar refractivity (Wildman–Crippen MR) is 73.7 cm³/mol. The molecule has 0 aliphatic heterocycles. The van der Waals surface area contributed by atoms with Gasteiger partial charge in [-0.2, -0.15) is 0 Å². The van der Waals surface area contributed by atoms with Gasteiger partial charge in [0.05, 0.1) is 5.56 Å². The van der Waals surface area contributed by atoms with E-state index in [0.29, 0.717) is 12.4 Å². The predicted octanol–water partition coefficient (Wildman–Crippen LogP) is 3.22. The Labute approximate surface area is 117 Å². The van der Waals surface area contributed by atoms with E-state index in [4.69, 9.17) is 16.3 Å². The first-order valence-corrected chi connectivity index (χ1v) is 6.29. The molecule has 1 aromatic rings. The van der Waals surface area contributed by atoms with Gasteiger partial charge in [-0.15, -0.1) is 0 Å². The summed E-state index contributed by atoms with van der Waals surface area (Å²) in [6, 6.07) is 3.08. The summed E-state index contributed by atoms with van der Waals surface area (Å²) in [7, 11) is 0. The fourth-order valence-corrected chi connectivity index (χ4v) is 1.48. The van der Waals surface area contributed by atoms with E-state index in [-0.39, 0.29) is 5.56 Å². The molecule has 1 aromatic heterocycles. The van der Waals surface area contributed by atoms with Crippen LogP contribution >= 0.6 is 11.6 Å². The van der Waals surface area contributed by atoms with Gasteiger partial charge in [0, 0.05) is 12.7 Å². The molecule has 0 atom stereocenters. The first-order valence-electron chi connectivity index (χ1n) is 5.91. The highest BCUT2D eigenvalue weighted by Gasteiger charge is 2.23. The number of amides is 1. The molecule has 0 bridgehead atoms. The molecule has 0 aliphatic carbocycles. The summed E-state index contributed by atoms with van der Waals surface area (Å²) >= 11 is 5.33. The molecular weight excluding hydrogens is 268 g/mol. The Hall–Kier alpha value is -1.62. The van der Waals surface area contributed by atoms with Crippen molar-refractivity contribution in [3.8, 4) is 0 Å². The van der Waals surface area contributed by atoms with Gasteiger partial charge >= 0.3 is 6.09 Å². The smallest absolute Gasteiger partial charge is 0.415 e. The quantitative estimate of drug-likeness (QED) is 0.800. The average molecular weight is 285 g/mol. The number of hydrogen-bond donors (Lipinski definition) is 0. The summed E-state index contributed by atoms with van der Waals surface area (Å²) in [5.41, 5.74) is -0.290. The number of carbonyl (C=O) groups is 2. The number of carbonyl (C=O) groups excluding carboxylic acids is 2. The normalized spacial score (nSPS) is 11.0. The molecule has 0 saturated heterocycles. The molecule has 0 fully saturated rings. The third-order valence-corrected chi connectivity index (χ3v) is 2.40. The summed E-state index contributed by atoms with van der Waals surface area (Å²) in [6.45, 7) is 7.60. The Kier molecular flexibility index (Phi) is 4.89. The van der Waals surface area contributed by atoms with Crippen molar-refractivity contribution in [2.45, 2.75) is 33.3 Å². The molecule has 0 saturated carbocycles. The summed E-state index contributed by atoms with van der Waals surface area (Å²) in [5, 5.41) is -0.584. The number of hydrogen-bond acceptors (Lipinski definition) is 4. The first kappa shape index (κ1) is 15.4. The second kappa shape index (κ2) is 6.02. The number of ether oxygens (including phenoxy) is 1. The maximum Gasteiger partial charge on any atom is 0.415 e. The van der Waals surface area contributed by atoms with Gasteiger partial charge < -0.3 is 4.74 Å². The third kappa shape index (κ3) is 4.52. The van der Waals surface area contributed by atoms with Crippen molar-refractivity contribution in [3.63, 3.8) is 0 Å². The van der Waals surface area contributed by atoms with E-state index in [0.717, 1.165) is 0 Å². The number of rotatable bonds is 3. The van der Waals surface area contributed by atoms with E-state index >= 15 is 0 Å². The highest BCUT2D eigenvalue weighted by Crippen LogP contribution is 2.16. The fraction of sp³-hybridized carbons (Fsp3) is 0.462. The van der Waals surface area contributed by atoms with Gasteiger partial charge in [-0.25, -0.2) is 9.78 Å². The Morgan fingerprint density at radius 1 is 1.37 bits per heavy atom. The summed E-state index contributed by atoms with van der Waals surface area (Å²) in [6.07, 6.45) is 0.852. The van der Waals surface area contributed by atoms with E-state index < -0.39 is 16.9 Å². The van der Waals surface area contributed by atoms with Crippen LogP contribution in [-0.2, 0) is 4.74 Å². The lowest BCUT2D eigenvalue weighted by Gasteiger charge is -2.25. The molecule has 6 heteroatoms. The molecule has 0 aromatic carbocycles. The molecule has 0 N–H and O–H groups in total. The minimum absolute atomic E-state index is 0.283. The molecule has 0 aliphatic rings. The van der Waals surface area contributed by atoms with Crippen LogP contribution in [0, 0.1) is 0 Å². The van der Waals surface area contributed by atoms with Crippen molar-refractivity contribution in [1.29, 1.82) is 0 Å². The molecule has 1 heterocycles. The zero-order chi connectivity index (χ0) is 14.6. The zero-order valence-corrected chi connectivity index (χ0v) is 12.2. The van der Waals surface area contributed by atoms with Crippen LogP contribution in [0.3, 0.4) is 0 Å². The minimum atomic E-state index is -0.584. The Balaban J connectivity index is 2.91. The maximum absolute atomic E-state index is 12.0. The van der Waals surface area contributed by atoms with Gasteiger partial charge in [0.1, 0.15) is 11.4 Å². The second-order valence-corrected chi connectivity index (χ2v) is 5.25. The van der Waals surface area contributed by atoms with Crippen molar-refractivity contribution >= 4 is 28.8 Å². The summed E-state index contributed by atoms with van der Waals surface area (Å²) < 4.78 is 5.28. The highest BCUT2D eigenvalue weighted by atomic mass is 35.5. The van der Waals surface area contributed by atoms with Gasteiger partial charge in [0.25, 0.3) is 5.24 Å². The van der Waals surface area contributed by atoms with Crippen LogP contribution in [0.1, 0.15) is 38.1 Å². The molecule has 19 heavy (non-hydrogen) atoms. The van der Waals surface area contributed by atoms with Crippen LogP contribution in [-0.4, -0.2) is 28.5 Å². The molecule has 1 amide bonds. The lowest BCUT2D eigenvalue weighted by molar-refractivity contribution is 0.0581. The van der Waals surface area contributed by atoms with Crippen LogP contribution in [0.4, 0.5) is 10.6 Å². The fourth-order valence-electron chi connectivity index (χ4n) is 1.36. The molecule has 0 unspecified atom stereocenters. The van der Waals surface area contributed by atoms with Crippen LogP contribution < -0.4 is 4.90 Å². The van der Waals surface area contributed by atoms with Crippen molar-refractivity contribution in [2.75, 3.05) is 11.4 Å². The standard InChI is InChI=1S/C13H17ClN2O3/c1-5-16(12(18)19-13(2,3)4)10-7-6-9(8-15-10)11(14)17/h6-8H,5H2,1-4H3. The Morgan fingerprint density at radius 2 is 2.00 bits per heavy atom. The number of aromatic nitrogens is 1. The van der Waals surface area contributed by atoms with Crippen molar-refractivity contribution in [3.05, 3.63) is 23.9 Å². The molecular formula is C13H17ClN2O3. The molecule has 0 radical (unpaired) electrons. The van der Waals surface area contributed by atoms with Gasteiger partial charge in [-0.3, -0.25) is 9.69 Å². The van der Waals surface area contributed by atoms with Crippen LogP contribution in [0.5, 0.6) is 0 Å². The summed E-state index contributed by atoms with van der Waals surface area (Å²) in [4.78, 5) is 28.3. The molecule has 104 valence electrons. The summed E-state index contributed by atoms with van der Waals surface area (Å²) in [5.74, 6) is 0.415.